The Morgan fingerprint density at radius 1 is 0.625 bits per heavy atom. The minimum Gasteiger partial charge on any atom is -0.141 e. The van der Waals surface area contributed by atoms with E-state index in [1.807, 2.05) is 11.8 Å². The van der Waals surface area contributed by atoms with Gasteiger partial charge in [0.05, 0.1) is 4.75 Å². The van der Waals surface area contributed by atoms with Gasteiger partial charge in [-0.05, 0) is 28.7 Å². The molecule has 1 heterocycles. The van der Waals surface area contributed by atoms with Crippen LogP contribution in [0.25, 0.3) is 5.57 Å². The quantitative estimate of drug-likeness (QED) is 0.555. The molecular formula is C23H20S. The van der Waals surface area contributed by atoms with Gasteiger partial charge in [-0.25, -0.2) is 0 Å². The topological polar surface area (TPSA) is 0 Å². The molecule has 0 radical (unpaired) electrons. The van der Waals surface area contributed by atoms with Crippen LogP contribution in [0.5, 0.6) is 0 Å². The van der Waals surface area contributed by atoms with Crippen LogP contribution in [0.2, 0.25) is 0 Å². The van der Waals surface area contributed by atoms with E-state index in [1.165, 1.54) is 22.3 Å². The summed E-state index contributed by atoms with van der Waals surface area (Å²) in [6, 6.07) is 32.7. The van der Waals surface area contributed by atoms with Crippen LogP contribution in [0.1, 0.15) is 23.1 Å². The van der Waals surface area contributed by atoms with Crippen molar-refractivity contribution in [2.75, 3.05) is 5.75 Å². The zero-order valence-electron chi connectivity index (χ0n) is 13.6. The first kappa shape index (κ1) is 15.3. The monoisotopic (exact) mass is 328 g/mol. The Morgan fingerprint density at radius 2 is 1.12 bits per heavy atom. The van der Waals surface area contributed by atoms with Gasteiger partial charge < -0.3 is 0 Å². The molecule has 0 saturated carbocycles. The van der Waals surface area contributed by atoms with Crippen LogP contribution in [-0.4, -0.2) is 5.75 Å². The number of allylic oxidation sites excluding steroid dienone is 1. The van der Waals surface area contributed by atoms with Gasteiger partial charge in [-0.3, -0.25) is 0 Å². The minimum absolute atomic E-state index is 0.0115. The molecule has 0 fully saturated rings. The van der Waals surface area contributed by atoms with E-state index in [9.17, 15) is 0 Å². The Bertz CT molecular complexity index is 780. The third kappa shape index (κ3) is 2.81. The van der Waals surface area contributed by atoms with Crippen molar-refractivity contribution < 1.29 is 0 Å². The molecule has 0 unspecified atom stereocenters. The van der Waals surface area contributed by atoms with Crippen LogP contribution in [-0.2, 0) is 4.75 Å². The summed E-state index contributed by atoms with van der Waals surface area (Å²) >= 11 is 2.04. The third-order valence-corrected chi connectivity index (χ3v) is 6.17. The lowest BCUT2D eigenvalue weighted by atomic mass is 9.82. The Morgan fingerprint density at radius 3 is 1.67 bits per heavy atom. The van der Waals surface area contributed by atoms with Crippen molar-refractivity contribution in [3.05, 3.63) is 114 Å². The highest BCUT2D eigenvalue weighted by atomic mass is 32.2. The molecule has 0 aliphatic carbocycles. The maximum atomic E-state index is 2.39. The van der Waals surface area contributed by atoms with E-state index in [0.29, 0.717) is 0 Å². The lowest BCUT2D eigenvalue weighted by Crippen LogP contribution is -2.27. The fourth-order valence-corrected chi connectivity index (χ4v) is 4.93. The van der Waals surface area contributed by atoms with Gasteiger partial charge in [0, 0.05) is 5.75 Å². The lowest BCUT2D eigenvalue weighted by molar-refractivity contribution is 0.761. The van der Waals surface area contributed by atoms with E-state index in [0.717, 1.165) is 12.2 Å². The number of benzene rings is 3. The molecule has 0 saturated heterocycles. The summed E-state index contributed by atoms with van der Waals surface area (Å²) in [5.74, 6) is 1.04. The van der Waals surface area contributed by atoms with Gasteiger partial charge in [0.1, 0.15) is 0 Å². The van der Waals surface area contributed by atoms with Gasteiger partial charge in [-0.15, -0.1) is 11.8 Å². The summed E-state index contributed by atoms with van der Waals surface area (Å²) in [6.07, 6.45) is 3.42. The highest BCUT2D eigenvalue weighted by molar-refractivity contribution is 8.00. The van der Waals surface area contributed by atoms with Crippen molar-refractivity contribution in [2.45, 2.75) is 11.2 Å². The smallest absolute Gasteiger partial charge is 0.0700 e. The summed E-state index contributed by atoms with van der Waals surface area (Å²) in [4.78, 5) is 0. The number of rotatable bonds is 3. The standard InChI is InChI=1S/C23H20S/c1-4-10-19(11-5-1)20-16-17-24-23(18-20,21-12-6-2-7-13-21)22-14-8-3-9-15-22/h1-16H,17-18H2. The van der Waals surface area contributed by atoms with Crippen molar-refractivity contribution >= 4 is 17.3 Å². The molecule has 3 aromatic carbocycles. The van der Waals surface area contributed by atoms with Crippen LogP contribution in [0.3, 0.4) is 0 Å². The lowest BCUT2D eigenvalue weighted by Gasteiger charge is -2.38. The molecule has 0 atom stereocenters. The van der Waals surface area contributed by atoms with Crippen LogP contribution >= 0.6 is 11.8 Å². The molecule has 1 aliphatic rings. The molecule has 3 aromatic rings. The zero-order valence-corrected chi connectivity index (χ0v) is 14.4. The maximum Gasteiger partial charge on any atom is 0.0700 e. The van der Waals surface area contributed by atoms with Crippen molar-refractivity contribution in [3.8, 4) is 0 Å². The fraction of sp³-hybridized carbons (Fsp3) is 0.130. The average Bonchev–Trinajstić information content (AvgIpc) is 2.70. The normalized spacial score (nSPS) is 16.4. The SMILES string of the molecule is C1=C(c2ccccc2)CC(c2ccccc2)(c2ccccc2)SC1. The molecule has 0 nitrogen and oxygen atoms in total. The van der Waals surface area contributed by atoms with Crippen LogP contribution < -0.4 is 0 Å². The summed E-state index contributed by atoms with van der Waals surface area (Å²) < 4.78 is -0.0115. The highest BCUT2D eigenvalue weighted by Crippen LogP contribution is 2.51. The Labute approximate surface area is 148 Å². The second kappa shape index (κ2) is 6.70. The molecule has 24 heavy (non-hydrogen) atoms. The first-order valence-corrected chi connectivity index (χ1v) is 9.36. The molecule has 0 aromatic heterocycles. The molecule has 0 bridgehead atoms. The Hall–Kier alpha value is -2.25. The van der Waals surface area contributed by atoms with E-state index in [2.05, 4.69) is 97.1 Å². The molecule has 0 N–H and O–H groups in total. The Balaban J connectivity index is 1.82. The second-order valence-corrected chi connectivity index (χ2v) is 7.46. The predicted octanol–water partition coefficient (Wildman–Crippen LogP) is 6.15. The van der Waals surface area contributed by atoms with Crippen molar-refractivity contribution in [1.29, 1.82) is 0 Å². The van der Waals surface area contributed by atoms with Gasteiger partial charge in [0.15, 0.2) is 0 Å². The zero-order chi connectivity index (χ0) is 16.2. The van der Waals surface area contributed by atoms with Gasteiger partial charge in [-0.2, -0.15) is 0 Å². The Kier molecular flexibility index (Phi) is 4.27. The summed E-state index contributed by atoms with van der Waals surface area (Å²) in [5.41, 5.74) is 5.57. The van der Waals surface area contributed by atoms with Gasteiger partial charge in [0.2, 0.25) is 0 Å². The largest absolute Gasteiger partial charge is 0.141 e. The first-order valence-electron chi connectivity index (χ1n) is 8.38. The molecule has 0 amide bonds. The van der Waals surface area contributed by atoms with Crippen molar-refractivity contribution in [2.24, 2.45) is 0 Å². The second-order valence-electron chi connectivity index (χ2n) is 6.14. The predicted molar refractivity (Wildman–Crippen MR) is 105 cm³/mol. The van der Waals surface area contributed by atoms with E-state index in [1.54, 1.807) is 0 Å². The van der Waals surface area contributed by atoms with Gasteiger partial charge >= 0.3 is 0 Å². The number of thioether (sulfide) groups is 1. The van der Waals surface area contributed by atoms with Crippen molar-refractivity contribution in [3.63, 3.8) is 0 Å². The molecule has 118 valence electrons. The molecule has 0 spiro atoms. The molecule has 1 aliphatic heterocycles. The van der Waals surface area contributed by atoms with E-state index < -0.39 is 0 Å². The first-order chi connectivity index (χ1) is 11.9. The van der Waals surface area contributed by atoms with E-state index >= 15 is 0 Å². The van der Waals surface area contributed by atoms with Crippen LogP contribution in [0.4, 0.5) is 0 Å². The van der Waals surface area contributed by atoms with E-state index in [4.69, 9.17) is 0 Å². The van der Waals surface area contributed by atoms with Gasteiger partial charge in [-0.1, -0.05) is 97.1 Å². The number of hydrogen-bond acceptors (Lipinski definition) is 1. The minimum atomic E-state index is -0.0115. The van der Waals surface area contributed by atoms with Gasteiger partial charge in [0.25, 0.3) is 0 Å². The van der Waals surface area contributed by atoms with Crippen LogP contribution in [0.15, 0.2) is 97.1 Å². The molecule has 1 heteroatoms. The maximum absolute atomic E-state index is 2.39. The van der Waals surface area contributed by atoms with Crippen molar-refractivity contribution in [1.82, 2.24) is 0 Å². The number of hydrogen-bond donors (Lipinski definition) is 0. The average molecular weight is 328 g/mol. The molecular weight excluding hydrogens is 308 g/mol. The van der Waals surface area contributed by atoms with Crippen LogP contribution in [0, 0.1) is 0 Å². The summed E-state index contributed by atoms with van der Waals surface area (Å²) in [7, 11) is 0. The summed E-state index contributed by atoms with van der Waals surface area (Å²) in [6.45, 7) is 0. The molecule has 4 rings (SSSR count). The van der Waals surface area contributed by atoms with E-state index in [-0.39, 0.29) is 4.75 Å². The fourth-order valence-electron chi connectivity index (χ4n) is 3.50. The highest BCUT2D eigenvalue weighted by Gasteiger charge is 2.37. The third-order valence-electron chi connectivity index (χ3n) is 4.72. The summed E-state index contributed by atoms with van der Waals surface area (Å²) in [5, 5.41) is 0.